The molecule has 212 valence electrons. The van der Waals surface area contributed by atoms with Crippen LogP contribution in [0.25, 0.3) is 6.08 Å². The topological polar surface area (TPSA) is 132 Å². The molecule has 3 N–H and O–H groups in total. The Kier molecular flexibility index (Phi) is 13.7. The van der Waals surface area contributed by atoms with Gasteiger partial charge in [0.1, 0.15) is 30.5 Å². The second-order valence-electron chi connectivity index (χ2n) is 9.16. The monoisotopic (exact) mass is 593 g/mol. The molecule has 0 aliphatic carbocycles. The lowest BCUT2D eigenvalue weighted by atomic mass is 10.1. The third kappa shape index (κ3) is 14.9. The molecule has 1 atom stereocenters. The number of allylic oxidation sites excluding steroid dienone is 1. The summed E-state index contributed by atoms with van der Waals surface area (Å²) in [6.07, 6.45) is 4.10. The Bertz CT molecular complexity index is 1000. The molecule has 0 bridgehead atoms. The zero-order chi connectivity index (χ0) is 28.9. The minimum atomic E-state index is -1.65. The van der Waals surface area contributed by atoms with Crippen LogP contribution in [0.1, 0.15) is 52.5 Å². The smallest absolute Gasteiger partial charge is 0.408 e. The van der Waals surface area contributed by atoms with E-state index in [0.29, 0.717) is 29.8 Å². The molecular formula is C25H34Cl3N3O7. The highest BCUT2D eigenvalue weighted by Crippen LogP contribution is 2.26. The van der Waals surface area contributed by atoms with Gasteiger partial charge in [0.15, 0.2) is 0 Å². The summed E-state index contributed by atoms with van der Waals surface area (Å²) in [6, 6.07) is 4.24. The number of nitrogens with one attached hydrogen (secondary N) is 3. The number of hydrogen-bond acceptors (Lipinski definition) is 7. The van der Waals surface area contributed by atoms with Gasteiger partial charge in [-0.1, -0.05) is 47.0 Å². The van der Waals surface area contributed by atoms with Crippen molar-refractivity contribution in [3.05, 3.63) is 29.8 Å². The van der Waals surface area contributed by atoms with Crippen LogP contribution in [0.4, 0.5) is 10.5 Å². The number of rotatable bonds is 12. The van der Waals surface area contributed by atoms with Gasteiger partial charge in [-0.25, -0.2) is 4.79 Å². The van der Waals surface area contributed by atoms with E-state index in [-0.39, 0.29) is 19.6 Å². The van der Waals surface area contributed by atoms with E-state index in [2.05, 4.69) is 16.0 Å². The highest BCUT2D eigenvalue weighted by Gasteiger charge is 2.22. The molecule has 10 nitrogen and oxygen atoms in total. The summed E-state index contributed by atoms with van der Waals surface area (Å²) in [7, 11) is 1.50. The van der Waals surface area contributed by atoms with Gasteiger partial charge in [0, 0.05) is 12.5 Å². The number of esters is 1. The van der Waals surface area contributed by atoms with Gasteiger partial charge in [0.05, 0.1) is 12.8 Å². The number of unbranched alkanes of at least 4 members (excludes halogenated alkanes) is 1. The molecular weight excluding hydrogens is 561 g/mol. The third-order valence-corrected chi connectivity index (χ3v) is 4.85. The number of alkyl halides is 3. The number of methoxy groups -OCH3 is 1. The maximum Gasteiger partial charge on any atom is 0.408 e. The SMILES string of the molecule is COc1ccc(/C=C/CCCC(=O)OCC(Cl)(Cl)Cl)c(NC(=O)[C@@H](C)NC(=O)CNC(=O)OC(C)(C)C)c1. The van der Waals surface area contributed by atoms with E-state index >= 15 is 0 Å². The minimum Gasteiger partial charge on any atom is -0.497 e. The van der Waals surface area contributed by atoms with Crippen LogP contribution in [0, 0.1) is 0 Å². The number of halogens is 3. The first kappa shape index (κ1) is 33.3. The van der Waals surface area contributed by atoms with Gasteiger partial charge in [-0.2, -0.15) is 0 Å². The maximum absolute atomic E-state index is 12.7. The Morgan fingerprint density at radius 3 is 2.39 bits per heavy atom. The van der Waals surface area contributed by atoms with E-state index in [1.165, 1.54) is 14.0 Å². The Balaban J connectivity index is 2.66. The summed E-state index contributed by atoms with van der Waals surface area (Å²) in [5.41, 5.74) is 0.443. The number of hydrogen-bond donors (Lipinski definition) is 3. The lowest BCUT2D eigenvalue weighted by Crippen LogP contribution is -2.46. The van der Waals surface area contributed by atoms with Gasteiger partial charge in [0.2, 0.25) is 15.6 Å². The Morgan fingerprint density at radius 1 is 1.11 bits per heavy atom. The average Bonchev–Trinajstić information content (AvgIpc) is 2.80. The van der Waals surface area contributed by atoms with E-state index in [0.717, 1.165) is 0 Å². The molecule has 13 heteroatoms. The van der Waals surface area contributed by atoms with Crippen LogP contribution in [-0.2, 0) is 23.9 Å². The molecule has 1 rings (SSSR count). The quantitative estimate of drug-likeness (QED) is 0.181. The van der Waals surface area contributed by atoms with Crippen molar-refractivity contribution in [3.63, 3.8) is 0 Å². The first-order valence-corrected chi connectivity index (χ1v) is 12.9. The van der Waals surface area contributed by atoms with E-state index < -0.39 is 39.3 Å². The van der Waals surface area contributed by atoms with Crippen LogP contribution in [-0.4, -0.2) is 59.6 Å². The summed E-state index contributed by atoms with van der Waals surface area (Å²) < 4.78 is 13.5. The van der Waals surface area contributed by atoms with Gasteiger partial charge >= 0.3 is 12.1 Å². The minimum absolute atomic E-state index is 0.150. The van der Waals surface area contributed by atoms with Crippen molar-refractivity contribution in [1.29, 1.82) is 0 Å². The molecule has 0 aliphatic rings. The fraction of sp³-hybridized carbons (Fsp3) is 0.520. The number of alkyl carbamates (subject to hydrolysis) is 1. The number of anilines is 1. The number of carbonyl (C=O) groups is 4. The maximum atomic E-state index is 12.7. The average molecular weight is 595 g/mol. The molecule has 0 radical (unpaired) electrons. The number of ether oxygens (including phenoxy) is 3. The highest BCUT2D eigenvalue weighted by atomic mass is 35.6. The highest BCUT2D eigenvalue weighted by molar-refractivity contribution is 6.67. The van der Waals surface area contributed by atoms with Crippen molar-refractivity contribution in [2.45, 2.75) is 62.4 Å². The lowest BCUT2D eigenvalue weighted by Gasteiger charge is -2.20. The summed E-state index contributed by atoms with van der Waals surface area (Å²) >= 11 is 16.7. The summed E-state index contributed by atoms with van der Waals surface area (Å²) in [6.45, 7) is 5.95. The predicted molar refractivity (Wildman–Crippen MR) is 148 cm³/mol. The van der Waals surface area contributed by atoms with Gasteiger partial charge in [0.25, 0.3) is 0 Å². The van der Waals surface area contributed by atoms with Crippen molar-refractivity contribution in [1.82, 2.24) is 10.6 Å². The van der Waals surface area contributed by atoms with Gasteiger partial charge in [-0.3, -0.25) is 14.4 Å². The molecule has 0 aliphatic heterocycles. The summed E-state index contributed by atoms with van der Waals surface area (Å²) in [5, 5.41) is 7.62. The van der Waals surface area contributed by atoms with Gasteiger partial charge < -0.3 is 30.2 Å². The lowest BCUT2D eigenvalue weighted by molar-refractivity contribution is -0.143. The van der Waals surface area contributed by atoms with Gasteiger partial charge in [-0.05, 0) is 58.2 Å². The van der Waals surface area contributed by atoms with Crippen LogP contribution in [0.2, 0.25) is 0 Å². The molecule has 0 saturated carbocycles. The molecule has 1 aromatic rings. The first-order chi connectivity index (χ1) is 17.6. The standard InChI is InChI=1S/C25H34Cl3N3O7/c1-16(30-20(32)14-29-23(35)38-24(2,3)4)22(34)31-19-13-18(36-5)12-11-17(19)9-7-6-8-10-21(33)37-15-25(26,27)28/h7,9,11-13,16H,6,8,10,14-15H2,1-5H3,(H,29,35)(H,30,32)(H,31,34)/b9-7+/t16-/m1/s1. The number of amides is 3. The van der Waals surface area contributed by atoms with E-state index in [1.807, 2.05) is 6.08 Å². The van der Waals surface area contributed by atoms with Crippen molar-refractivity contribution in [2.24, 2.45) is 0 Å². The third-order valence-electron chi connectivity index (χ3n) is 4.53. The second-order valence-corrected chi connectivity index (χ2v) is 11.7. The van der Waals surface area contributed by atoms with Crippen LogP contribution >= 0.6 is 34.8 Å². The normalized spacial score (nSPS) is 12.4. The molecule has 0 fully saturated rings. The summed E-state index contributed by atoms with van der Waals surface area (Å²) in [4.78, 5) is 48.3. The molecule has 0 saturated heterocycles. The van der Waals surface area contributed by atoms with Crippen molar-refractivity contribution in [2.75, 3.05) is 25.6 Å². The summed E-state index contributed by atoms with van der Waals surface area (Å²) in [5.74, 6) is -0.987. The number of carbonyl (C=O) groups excluding carboxylic acids is 4. The first-order valence-electron chi connectivity index (χ1n) is 11.7. The van der Waals surface area contributed by atoms with Crippen molar-refractivity contribution < 1.29 is 33.4 Å². The molecule has 0 heterocycles. The van der Waals surface area contributed by atoms with E-state index in [9.17, 15) is 19.2 Å². The van der Waals surface area contributed by atoms with Crippen LogP contribution < -0.4 is 20.7 Å². The predicted octanol–water partition coefficient (Wildman–Crippen LogP) is 4.76. The fourth-order valence-corrected chi connectivity index (χ4v) is 2.95. The van der Waals surface area contributed by atoms with Crippen LogP contribution in [0.3, 0.4) is 0 Å². The molecule has 3 amide bonds. The zero-order valence-corrected chi connectivity index (χ0v) is 24.3. The largest absolute Gasteiger partial charge is 0.497 e. The van der Waals surface area contributed by atoms with Crippen molar-refractivity contribution >= 4 is 70.4 Å². The second kappa shape index (κ2) is 15.7. The van der Waals surface area contributed by atoms with E-state index in [4.69, 9.17) is 49.0 Å². The number of benzene rings is 1. The Labute approximate surface area is 237 Å². The van der Waals surface area contributed by atoms with Crippen molar-refractivity contribution in [3.8, 4) is 5.75 Å². The molecule has 0 unspecified atom stereocenters. The Hall–Kier alpha value is -2.69. The fourth-order valence-electron chi connectivity index (χ4n) is 2.79. The van der Waals surface area contributed by atoms with Crippen LogP contribution in [0.15, 0.2) is 24.3 Å². The molecule has 0 spiro atoms. The molecule has 0 aromatic heterocycles. The van der Waals surface area contributed by atoms with Crippen LogP contribution in [0.5, 0.6) is 5.75 Å². The zero-order valence-electron chi connectivity index (χ0n) is 22.0. The molecule has 38 heavy (non-hydrogen) atoms. The Morgan fingerprint density at radius 2 is 1.79 bits per heavy atom. The van der Waals surface area contributed by atoms with E-state index in [1.54, 1.807) is 45.0 Å². The molecule has 1 aromatic carbocycles. The van der Waals surface area contributed by atoms with Gasteiger partial charge in [-0.15, -0.1) is 0 Å².